The molecule has 2 saturated heterocycles. The summed E-state index contributed by atoms with van der Waals surface area (Å²) in [5.41, 5.74) is -0.631. The second-order valence-electron chi connectivity index (χ2n) is 6.59. The molecule has 0 radical (unpaired) electrons. The maximum atomic E-state index is 12.4. The van der Waals surface area contributed by atoms with Gasteiger partial charge in [0.2, 0.25) is 5.91 Å². The molecule has 5 nitrogen and oxygen atoms in total. The molecule has 1 N–H and O–H groups in total. The first-order valence-electron chi connectivity index (χ1n) is 8.31. The molecule has 1 atom stereocenters. The standard InChI is InChI=1S/C16H28N2O3/c1-2-7-16(15(20)21)8-11-17(13-16)12-14(19)18-9-5-3-4-6-10-18/h2-13H2,1H3,(H,20,21). The summed E-state index contributed by atoms with van der Waals surface area (Å²) in [6.07, 6.45) is 6.87. The molecule has 0 bridgehead atoms. The summed E-state index contributed by atoms with van der Waals surface area (Å²) in [7, 11) is 0. The first-order chi connectivity index (χ1) is 10.1. The van der Waals surface area contributed by atoms with Gasteiger partial charge in [-0.15, -0.1) is 0 Å². The molecule has 2 heterocycles. The molecule has 1 amide bonds. The van der Waals surface area contributed by atoms with Crippen LogP contribution in [0.1, 0.15) is 51.9 Å². The number of nitrogens with zero attached hydrogens (tertiary/aromatic N) is 2. The zero-order chi connectivity index (χ0) is 15.3. The lowest BCUT2D eigenvalue weighted by Crippen LogP contribution is -2.42. The number of amides is 1. The van der Waals surface area contributed by atoms with Crippen LogP contribution in [-0.4, -0.2) is 59.5 Å². The van der Waals surface area contributed by atoms with Gasteiger partial charge in [-0.25, -0.2) is 0 Å². The van der Waals surface area contributed by atoms with Gasteiger partial charge in [-0.05, 0) is 32.2 Å². The Morgan fingerprint density at radius 2 is 1.76 bits per heavy atom. The predicted molar refractivity (Wildman–Crippen MR) is 81.1 cm³/mol. The fraction of sp³-hybridized carbons (Fsp3) is 0.875. The second-order valence-corrected chi connectivity index (χ2v) is 6.59. The predicted octanol–water partition coefficient (Wildman–Crippen LogP) is 1.97. The lowest BCUT2D eigenvalue weighted by atomic mass is 9.83. The van der Waals surface area contributed by atoms with Gasteiger partial charge >= 0.3 is 5.97 Å². The normalized spacial score (nSPS) is 27.6. The molecule has 5 heteroatoms. The average molecular weight is 296 g/mol. The number of rotatable bonds is 5. The van der Waals surface area contributed by atoms with Crippen molar-refractivity contribution in [2.45, 2.75) is 51.9 Å². The molecule has 2 fully saturated rings. The van der Waals surface area contributed by atoms with Crippen molar-refractivity contribution in [1.29, 1.82) is 0 Å². The number of hydrogen-bond acceptors (Lipinski definition) is 3. The summed E-state index contributed by atoms with van der Waals surface area (Å²) in [5, 5.41) is 9.51. The van der Waals surface area contributed by atoms with E-state index >= 15 is 0 Å². The van der Waals surface area contributed by atoms with E-state index in [1.165, 1.54) is 12.8 Å². The topological polar surface area (TPSA) is 60.9 Å². The molecule has 0 spiro atoms. The van der Waals surface area contributed by atoms with Crippen LogP contribution >= 0.6 is 0 Å². The second kappa shape index (κ2) is 7.25. The van der Waals surface area contributed by atoms with Gasteiger partial charge in [0.25, 0.3) is 0 Å². The minimum atomic E-state index is -0.700. The highest BCUT2D eigenvalue weighted by Gasteiger charge is 2.44. The van der Waals surface area contributed by atoms with Gasteiger partial charge in [0.05, 0.1) is 12.0 Å². The molecule has 21 heavy (non-hydrogen) atoms. The first-order valence-corrected chi connectivity index (χ1v) is 8.31. The van der Waals surface area contributed by atoms with Gasteiger partial charge in [-0.1, -0.05) is 26.2 Å². The van der Waals surface area contributed by atoms with Crippen LogP contribution in [-0.2, 0) is 9.59 Å². The van der Waals surface area contributed by atoms with Crippen LogP contribution in [0, 0.1) is 5.41 Å². The third kappa shape index (κ3) is 3.96. The summed E-state index contributed by atoms with van der Waals surface area (Å²) in [4.78, 5) is 28.0. The van der Waals surface area contributed by atoms with E-state index in [0.717, 1.165) is 38.9 Å². The molecule has 0 aromatic carbocycles. The van der Waals surface area contributed by atoms with E-state index < -0.39 is 11.4 Å². The van der Waals surface area contributed by atoms with Crippen molar-refractivity contribution < 1.29 is 14.7 Å². The molecule has 2 aliphatic heterocycles. The van der Waals surface area contributed by atoms with Crippen molar-refractivity contribution in [1.82, 2.24) is 9.80 Å². The maximum absolute atomic E-state index is 12.4. The Morgan fingerprint density at radius 3 is 2.33 bits per heavy atom. The number of carbonyl (C=O) groups is 2. The summed E-state index contributed by atoms with van der Waals surface area (Å²) in [5.74, 6) is -0.524. The van der Waals surface area contributed by atoms with E-state index in [-0.39, 0.29) is 5.91 Å². The largest absolute Gasteiger partial charge is 0.481 e. The quantitative estimate of drug-likeness (QED) is 0.842. The molecule has 0 saturated carbocycles. The van der Waals surface area contributed by atoms with Gasteiger partial charge in [-0.3, -0.25) is 14.5 Å². The zero-order valence-electron chi connectivity index (χ0n) is 13.1. The van der Waals surface area contributed by atoms with E-state index in [2.05, 4.69) is 0 Å². The van der Waals surface area contributed by atoms with E-state index in [1.807, 2.05) is 16.7 Å². The monoisotopic (exact) mass is 296 g/mol. The molecular weight excluding hydrogens is 268 g/mol. The van der Waals surface area contributed by atoms with Gasteiger partial charge in [-0.2, -0.15) is 0 Å². The van der Waals surface area contributed by atoms with Gasteiger partial charge in [0, 0.05) is 19.6 Å². The summed E-state index contributed by atoms with van der Waals surface area (Å²) in [6.45, 7) is 5.40. The highest BCUT2D eigenvalue weighted by Crippen LogP contribution is 2.35. The Balaban J connectivity index is 1.89. The molecule has 0 aromatic heterocycles. The molecule has 0 aromatic rings. The number of carbonyl (C=O) groups excluding carboxylic acids is 1. The van der Waals surface area contributed by atoms with Crippen LogP contribution in [0.4, 0.5) is 0 Å². The van der Waals surface area contributed by atoms with Gasteiger partial charge in [0.15, 0.2) is 0 Å². The summed E-state index contributed by atoms with van der Waals surface area (Å²) < 4.78 is 0. The minimum Gasteiger partial charge on any atom is -0.481 e. The summed E-state index contributed by atoms with van der Waals surface area (Å²) in [6, 6.07) is 0. The third-order valence-electron chi connectivity index (χ3n) is 4.93. The van der Waals surface area contributed by atoms with Crippen LogP contribution in [0.3, 0.4) is 0 Å². The smallest absolute Gasteiger partial charge is 0.310 e. The molecule has 120 valence electrons. The van der Waals surface area contributed by atoms with E-state index in [9.17, 15) is 14.7 Å². The maximum Gasteiger partial charge on any atom is 0.310 e. The van der Waals surface area contributed by atoms with Crippen LogP contribution in [0.2, 0.25) is 0 Å². The highest BCUT2D eigenvalue weighted by molar-refractivity contribution is 5.79. The lowest BCUT2D eigenvalue weighted by molar-refractivity contribution is -0.149. The van der Waals surface area contributed by atoms with E-state index in [1.54, 1.807) is 0 Å². The Morgan fingerprint density at radius 1 is 1.10 bits per heavy atom. The molecule has 2 aliphatic rings. The van der Waals surface area contributed by atoms with Crippen molar-refractivity contribution in [3.63, 3.8) is 0 Å². The highest BCUT2D eigenvalue weighted by atomic mass is 16.4. The average Bonchev–Trinajstić information content (AvgIpc) is 2.69. The minimum absolute atomic E-state index is 0.176. The van der Waals surface area contributed by atoms with Crippen molar-refractivity contribution in [3.05, 3.63) is 0 Å². The Hall–Kier alpha value is -1.10. The fourth-order valence-corrected chi connectivity index (χ4v) is 3.67. The number of aliphatic carboxylic acids is 1. The molecular formula is C16H28N2O3. The van der Waals surface area contributed by atoms with Crippen LogP contribution in [0.5, 0.6) is 0 Å². The first kappa shape index (κ1) is 16.3. The van der Waals surface area contributed by atoms with Crippen LogP contribution in [0.25, 0.3) is 0 Å². The Kier molecular flexibility index (Phi) is 5.62. The van der Waals surface area contributed by atoms with Crippen molar-refractivity contribution in [2.75, 3.05) is 32.7 Å². The van der Waals surface area contributed by atoms with Gasteiger partial charge in [0.1, 0.15) is 0 Å². The third-order valence-corrected chi connectivity index (χ3v) is 4.93. The number of carboxylic acids is 1. The van der Waals surface area contributed by atoms with Crippen molar-refractivity contribution >= 4 is 11.9 Å². The molecule has 0 aliphatic carbocycles. The van der Waals surface area contributed by atoms with Crippen molar-refractivity contribution in [3.8, 4) is 0 Å². The van der Waals surface area contributed by atoms with Crippen molar-refractivity contribution in [2.24, 2.45) is 5.41 Å². The van der Waals surface area contributed by atoms with Crippen LogP contribution in [0.15, 0.2) is 0 Å². The Bertz CT molecular complexity index is 378. The van der Waals surface area contributed by atoms with Crippen LogP contribution < -0.4 is 0 Å². The van der Waals surface area contributed by atoms with E-state index in [0.29, 0.717) is 25.9 Å². The fourth-order valence-electron chi connectivity index (χ4n) is 3.67. The lowest BCUT2D eigenvalue weighted by Gasteiger charge is -2.26. The molecule has 2 rings (SSSR count). The van der Waals surface area contributed by atoms with E-state index in [4.69, 9.17) is 0 Å². The summed E-state index contributed by atoms with van der Waals surface area (Å²) >= 11 is 0. The van der Waals surface area contributed by atoms with Gasteiger partial charge < -0.3 is 10.0 Å². The molecule has 1 unspecified atom stereocenters. The Labute approximate surface area is 127 Å². The number of likely N-dealkylation sites (tertiary alicyclic amines) is 2. The number of carboxylic acid groups (broad SMARTS) is 1. The zero-order valence-corrected chi connectivity index (χ0v) is 13.1. The SMILES string of the molecule is CCCC1(C(=O)O)CCN(CC(=O)N2CCCCCC2)C1. The number of hydrogen-bond donors (Lipinski definition) is 1.